The number of hydrogen-bond acceptors (Lipinski definition) is 4. The standard InChI is InChI=1S/C12H18BrN3OS/c1-12(2,3)9-8(13)10(18)15-11(14-9)16-4-6-17-7-5-16/h4-7H2,1-3H3,(H,14,15,18). The Balaban J connectivity index is 2.44. The maximum atomic E-state index is 5.35. The van der Waals surface area contributed by atoms with Gasteiger partial charge in [0.15, 0.2) is 0 Å². The van der Waals surface area contributed by atoms with Crippen molar-refractivity contribution in [3.8, 4) is 0 Å². The molecular formula is C12H18BrN3OS. The van der Waals surface area contributed by atoms with E-state index >= 15 is 0 Å². The first-order chi connectivity index (χ1) is 8.39. The zero-order valence-corrected chi connectivity index (χ0v) is 13.3. The molecule has 0 radical (unpaired) electrons. The number of ether oxygens (including phenoxy) is 1. The van der Waals surface area contributed by atoms with Gasteiger partial charge >= 0.3 is 0 Å². The van der Waals surface area contributed by atoms with Gasteiger partial charge in [-0.2, -0.15) is 0 Å². The smallest absolute Gasteiger partial charge is 0.204 e. The van der Waals surface area contributed by atoms with Gasteiger partial charge in [-0.3, -0.25) is 0 Å². The van der Waals surface area contributed by atoms with Gasteiger partial charge in [0, 0.05) is 24.2 Å². The van der Waals surface area contributed by atoms with Gasteiger partial charge in [-0.05, 0) is 15.9 Å². The van der Waals surface area contributed by atoms with E-state index < -0.39 is 0 Å². The number of nitrogens with zero attached hydrogens (tertiary/aromatic N) is 2. The van der Waals surface area contributed by atoms with Crippen molar-refractivity contribution >= 4 is 34.1 Å². The van der Waals surface area contributed by atoms with E-state index in [4.69, 9.17) is 17.0 Å². The highest BCUT2D eigenvalue weighted by Crippen LogP contribution is 2.29. The maximum Gasteiger partial charge on any atom is 0.204 e. The Morgan fingerprint density at radius 3 is 2.50 bits per heavy atom. The number of H-pyrrole nitrogens is 1. The summed E-state index contributed by atoms with van der Waals surface area (Å²) in [5.74, 6) is 0.844. The van der Waals surface area contributed by atoms with Crippen LogP contribution in [0.5, 0.6) is 0 Å². The molecule has 0 aliphatic carbocycles. The SMILES string of the molecule is CC(C)(C)c1[nH]c(N2CCOCC2)nc(=S)c1Br. The number of nitrogens with one attached hydrogen (secondary N) is 1. The molecule has 6 heteroatoms. The van der Waals surface area contributed by atoms with Gasteiger partial charge in [0.05, 0.1) is 17.7 Å². The molecule has 18 heavy (non-hydrogen) atoms. The molecule has 0 aromatic carbocycles. The average Bonchev–Trinajstić information content (AvgIpc) is 2.32. The molecule has 0 bridgehead atoms. The molecule has 100 valence electrons. The molecule has 2 rings (SSSR count). The van der Waals surface area contributed by atoms with Crippen LogP contribution in [0.25, 0.3) is 0 Å². The zero-order chi connectivity index (χ0) is 13.3. The van der Waals surface area contributed by atoms with E-state index in [0.717, 1.165) is 42.4 Å². The quantitative estimate of drug-likeness (QED) is 0.803. The summed E-state index contributed by atoms with van der Waals surface area (Å²) in [5.41, 5.74) is 1.08. The van der Waals surface area contributed by atoms with Crippen molar-refractivity contribution in [2.75, 3.05) is 31.2 Å². The minimum absolute atomic E-state index is 0.00360. The lowest BCUT2D eigenvalue weighted by Crippen LogP contribution is -2.37. The van der Waals surface area contributed by atoms with Crippen molar-refractivity contribution < 1.29 is 4.74 Å². The molecule has 1 fully saturated rings. The van der Waals surface area contributed by atoms with Crippen LogP contribution in [0, 0.1) is 4.64 Å². The Kier molecular flexibility index (Phi) is 4.08. The number of rotatable bonds is 1. The van der Waals surface area contributed by atoms with Gasteiger partial charge in [0.1, 0.15) is 4.64 Å². The second-order valence-electron chi connectivity index (χ2n) is 5.40. The first-order valence-corrected chi connectivity index (χ1v) is 7.22. The molecule has 1 N–H and O–H groups in total. The van der Waals surface area contributed by atoms with Crippen LogP contribution >= 0.6 is 28.1 Å². The van der Waals surface area contributed by atoms with Crippen LogP contribution < -0.4 is 4.90 Å². The highest BCUT2D eigenvalue weighted by Gasteiger charge is 2.22. The van der Waals surface area contributed by atoms with Gasteiger partial charge in [0.2, 0.25) is 5.95 Å². The van der Waals surface area contributed by atoms with Crippen molar-refractivity contribution in [2.45, 2.75) is 26.2 Å². The lowest BCUT2D eigenvalue weighted by Gasteiger charge is -2.29. The van der Waals surface area contributed by atoms with E-state index in [0.29, 0.717) is 4.64 Å². The minimum Gasteiger partial charge on any atom is -0.378 e. The second kappa shape index (κ2) is 5.27. The maximum absolute atomic E-state index is 5.35. The number of halogens is 1. The molecule has 1 aliphatic heterocycles. The lowest BCUT2D eigenvalue weighted by molar-refractivity contribution is 0.122. The predicted molar refractivity (Wildman–Crippen MR) is 78.9 cm³/mol. The van der Waals surface area contributed by atoms with E-state index in [-0.39, 0.29) is 5.41 Å². The zero-order valence-electron chi connectivity index (χ0n) is 10.9. The van der Waals surface area contributed by atoms with Gasteiger partial charge in [-0.25, -0.2) is 4.98 Å². The van der Waals surface area contributed by atoms with Crippen LogP contribution in [0.4, 0.5) is 5.95 Å². The summed E-state index contributed by atoms with van der Waals surface area (Å²) < 4.78 is 6.86. The van der Waals surface area contributed by atoms with Crippen LogP contribution in [0.1, 0.15) is 26.5 Å². The fraction of sp³-hybridized carbons (Fsp3) is 0.667. The average molecular weight is 332 g/mol. The Bertz CT molecular complexity index is 489. The van der Waals surface area contributed by atoms with Crippen molar-refractivity contribution in [1.82, 2.24) is 9.97 Å². The topological polar surface area (TPSA) is 41.2 Å². The van der Waals surface area contributed by atoms with Crippen LogP contribution in [-0.2, 0) is 10.2 Å². The van der Waals surface area contributed by atoms with Gasteiger partial charge in [-0.1, -0.05) is 33.0 Å². The highest BCUT2D eigenvalue weighted by atomic mass is 79.9. The number of anilines is 1. The lowest BCUT2D eigenvalue weighted by atomic mass is 9.92. The third-order valence-corrected chi connectivity index (χ3v) is 4.24. The summed E-state index contributed by atoms with van der Waals surface area (Å²) in [7, 11) is 0. The number of hydrogen-bond donors (Lipinski definition) is 1. The Hall–Kier alpha value is -0.460. The summed E-state index contributed by atoms with van der Waals surface area (Å²) >= 11 is 8.86. The summed E-state index contributed by atoms with van der Waals surface area (Å²) in [6.45, 7) is 9.64. The Morgan fingerprint density at radius 1 is 1.33 bits per heavy atom. The monoisotopic (exact) mass is 331 g/mol. The highest BCUT2D eigenvalue weighted by molar-refractivity contribution is 9.10. The summed E-state index contributed by atoms with van der Waals surface area (Å²) in [6, 6.07) is 0. The van der Waals surface area contributed by atoms with E-state index in [9.17, 15) is 0 Å². The minimum atomic E-state index is -0.00360. The van der Waals surface area contributed by atoms with E-state index in [1.54, 1.807) is 0 Å². The molecule has 4 nitrogen and oxygen atoms in total. The fourth-order valence-electron chi connectivity index (χ4n) is 1.89. The third-order valence-electron chi connectivity index (χ3n) is 2.91. The van der Waals surface area contributed by atoms with Crippen molar-refractivity contribution in [3.63, 3.8) is 0 Å². The van der Waals surface area contributed by atoms with Crippen LogP contribution in [-0.4, -0.2) is 36.3 Å². The second-order valence-corrected chi connectivity index (χ2v) is 6.58. The molecule has 0 saturated carbocycles. The van der Waals surface area contributed by atoms with Crippen LogP contribution in [0.3, 0.4) is 0 Å². The molecule has 0 spiro atoms. The third kappa shape index (κ3) is 2.92. The Labute approximate surface area is 121 Å². The van der Waals surface area contributed by atoms with Crippen molar-refractivity contribution in [3.05, 3.63) is 14.8 Å². The van der Waals surface area contributed by atoms with E-state index in [1.807, 2.05) is 0 Å². The van der Waals surface area contributed by atoms with Crippen LogP contribution in [0.15, 0.2) is 4.47 Å². The van der Waals surface area contributed by atoms with Gasteiger partial charge in [0.25, 0.3) is 0 Å². The summed E-state index contributed by atoms with van der Waals surface area (Å²) in [6.07, 6.45) is 0. The normalized spacial score (nSPS) is 17.0. The molecule has 1 saturated heterocycles. The van der Waals surface area contributed by atoms with E-state index in [2.05, 4.69) is 51.6 Å². The van der Waals surface area contributed by atoms with E-state index in [1.165, 1.54) is 0 Å². The summed E-state index contributed by atoms with van der Waals surface area (Å²) in [5, 5.41) is 0. The molecule has 1 aromatic heterocycles. The molecule has 1 aliphatic rings. The molecule has 2 heterocycles. The van der Waals surface area contributed by atoms with Crippen molar-refractivity contribution in [2.24, 2.45) is 0 Å². The number of aromatic amines is 1. The number of morpholine rings is 1. The Morgan fingerprint density at radius 2 is 1.94 bits per heavy atom. The fourth-order valence-corrected chi connectivity index (χ4v) is 2.86. The predicted octanol–water partition coefficient (Wildman–Crippen LogP) is 3.04. The molecule has 1 aromatic rings. The first-order valence-electron chi connectivity index (χ1n) is 6.02. The number of aromatic nitrogens is 2. The molecule has 0 amide bonds. The largest absolute Gasteiger partial charge is 0.378 e. The molecule has 0 atom stereocenters. The molecule has 0 unspecified atom stereocenters. The van der Waals surface area contributed by atoms with Crippen molar-refractivity contribution in [1.29, 1.82) is 0 Å². The molecular weight excluding hydrogens is 314 g/mol. The van der Waals surface area contributed by atoms with Gasteiger partial charge < -0.3 is 14.6 Å². The first kappa shape index (κ1) is 14.0. The van der Waals surface area contributed by atoms with Gasteiger partial charge in [-0.15, -0.1) is 0 Å². The summed E-state index contributed by atoms with van der Waals surface area (Å²) in [4.78, 5) is 10.0. The van der Waals surface area contributed by atoms with Crippen LogP contribution in [0.2, 0.25) is 0 Å².